The molecule has 1 aromatic rings. The molecule has 2 heterocycles. The van der Waals surface area contributed by atoms with Crippen LogP contribution in [0.3, 0.4) is 0 Å². The van der Waals surface area contributed by atoms with Crippen LogP contribution < -0.4 is 0 Å². The Labute approximate surface area is 91.7 Å². The Hall–Kier alpha value is -1.04. The number of rotatable bonds is 1. The number of nitrogens with zero attached hydrogens (tertiary/aromatic N) is 2. The van der Waals surface area contributed by atoms with E-state index in [4.69, 9.17) is 0 Å². The molecule has 0 aromatic carbocycles. The standard InChI is InChI=1S/C10H14F3N3/c1-16-4-2-3-7(6-16)8-5-14-9(15-8)10(11,12)13/h5,7H,2-4,6H2,1H3,(H,14,15). The first-order chi connectivity index (χ1) is 7.47. The van der Waals surface area contributed by atoms with E-state index in [2.05, 4.69) is 14.9 Å². The zero-order valence-corrected chi connectivity index (χ0v) is 9.01. The van der Waals surface area contributed by atoms with Crippen molar-refractivity contribution in [3.8, 4) is 0 Å². The molecule has 0 bridgehead atoms. The summed E-state index contributed by atoms with van der Waals surface area (Å²) in [6.45, 7) is 1.80. The van der Waals surface area contributed by atoms with E-state index in [1.807, 2.05) is 7.05 Å². The molecular formula is C10H14F3N3. The minimum atomic E-state index is -4.38. The predicted octanol–water partition coefficient (Wildman–Crippen LogP) is 2.24. The lowest BCUT2D eigenvalue weighted by Crippen LogP contribution is -2.31. The van der Waals surface area contributed by atoms with Crippen LogP contribution >= 0.6 is 0 Å². The lowest BCUT2D eigenvalue weighted by molar-refractivity contribution is -0.144. The highest BCUT2D eigenvalue weighted by atomic mass is 19.4. The van der Waals surface area contributed by atoms with Gasteiger partial charge in [-0.05, 0) is 26.4 Å². The van der Waals surface area contributed by atoms with Crippen molar-refractivity contribution in [2.45, 2.75) is 24.9 Å². The third-order valence-corrected chi connectivity index (χ3v) is 2.93. The van der Waals surface area contributed by atoms with Crippen LogP contribution in [-0.2, 0) is 6.18 Å². The minimum absolute atomic E-state index is 0.141. The fourth-order valence-corrected chi connectivity index (χ4v) is 2.11. The molecule has 0 spiro atoms. The number of aromatic amines is 1. The average molecular weight is 233 g/mol. The summed E-state index contributed by atoms with van der Waals surface area (Å²) in [5, 5.41) is 0. The first-order valence-electron chi connectivity index (χ1n) is 5.27. The van der Waals surface area contributed by atoms with Gasteiger partial charge in [-0.15, -0.1) is 0 Å². The quantitative estimate of drug-likeness (QED) is 0.806. The van der Waals surface area contributed by atoms with Crippen LogP contribution in [0.25, 0.3) is 0 Å². The predicted molar refractivity (Wildman–Crippen MR) is 53.1 cm³/mol. The van der Waals surface area contributed by atoms with Crippen molar-refractivity contribution in [3.63, 3.8) is 0 Å². The van der Waals surface area contributed by atoms with Crippen LogP contribution in [-0.4, -0.2) is 35.0 Å². The van der Waals surface area contributed by atoms with Gasteiger partial charge in [0.2, 0.25) is 5.82 Å². The Kier molecular flexibility index (Phi) is 2.92. The van der Waals surface area contributed by atoms with Gasteiger partial charge in [-0.3, -0.25) is 0 Å². The minimum Gasteiger partial charge on any atom is -0.338 e. The summed E-state index contributed by atoms with van der Waals surface area (Å²) in [4.78, 5) is 7.90. The molecule has 0 aliphatic carbocycles. The molecule has 1 N–H and O–H groups in total. The maximum atomic E-state index is 12.3. The van der Waals surface area contributed by atoms with Crippen molar-refractivity contribution in [3.05, 3.63) is 17.7 Å². The average Bonchev–Trinajstić information content (AvgIpc) is 2.65. The van der Waals surface area contributed by atoms with Gasteiger partial charge in [-0.2, -0.15) is 13.2 Å². The monoisotopic (exact) mass is 233 g/mol. The number of aromatic nitrogens is 2. The molecule has 1 aromatic heterocycles. The zero-order valence-electron chi connectivity index (χ0n) is 9.01. The number of hydrogen-bond donors (Lipinski definition) is 1. The molecule has 2 rings (SSSR count). The summed E-state index contributed by atoms with van der Waals surface area (Å²) in [5.74, 6) is -0.752. The van der Waals surface area contributed by atoms with E-state index < -0.39 is 12.0 Å². The number of imidazole rings is 1. The largest absolute Gasteiger partial charge is 0.449 e. The van der Waals surface area contributed by atoms with Crippen LogP contribution in [0.2, 0.25) is 0 Å². The highest BCUT2D eigenvalue weighted by molar-refractivity contribution is 5.10. The van der Waals surface area contributed by atoms with Crippen molar-refractivity contribution in [1.29, 1.82) is 0 Å². The van der Waals surface area contributed by atoms with E-state index in [1.54, 1.807) is 0 Å². The molecule has 0 radical (unpaired) electrons. The van der Waals surface area contributed by atoms with Crippen LogP contribution in [0, 0.1) is 0 Å². The Balaban J connectivity index is 2.12. The summed E-state index contributed by atoms with van der Waals surface area (Å²) in [6, 6.07) is 0. The fraction of sp³-hybridized carbons (Fsp3) is 0.700. The SMILES string of the molecule is CN1CCCC(c2cnc(C(F)(F)F)[nH]2)C1. The number of hydrogen-bond acceptors (Lipinski definition) is 2. The normalized spacial score (nSPS) is 23.6. The maximum Gasteiger partial charge on any atom is 0.449 e. The van der Waals surface area contributed by atoms with Gasteiger partial charge in [0.05, 0.1) is 0 Å². The summed E-state index contributed by atoms with van der Waals surface area (Å²) >= 11 is 0. The topological polar surface area (TPSA) is 31.9 Å². The van der Waals surface area contributed by atoms with Crippen molar-refractivity contribution < 1.29 is 13.2 Å². The second kappa shape index (κ2) is 4.08. The van der Waals surface area contributed by atoms with Gasteiger partial charge < -0.3 is 9.88 Å². The van der Waals surface area contributed by atoms with Gasteiger partial charge in [-0.25, -0.2) is 4.98 Å². The smallest absolute Gasteiger partial charge is 0.338 e. The number of H-pyrrole nitrogens is 1. The van der Waals surface area contributed by atoms with E-state index in [0.29, 0.717) is 5.69 Å². The molecule has 1 fully saturated rings. The summed E-state index contributed by atoms with van der Waals surface area (Å²) < 4.78 is 37.0. The molecule has 1 aliphatic heterocycles. The number of alkyl halides is 3. The third-order valence-electron chi connectivity index (χ3n) is 2.93. The van der Waals surface area contributed by atoms with Crippen LogP contribution in [0.4, 0.5) is 13.2 Å². The Morgan fingerprint density at radius 2 is 2.25 bits per heavy atom. The lowest BCUT2D eigenvalue weighted by Gasteiger charge is -2.28. The Morgan fingerprint density at radius 1 is 1.50 bits per heavy atom. The van der Waals surface area contributed by atoms with E-state index in [0.717, 1.165) is 25.9 Å². The van der Waals surface area contributed by atoms with Crippen molar-refractivity contribution >= 4 is 0 Å². The number of likely N-dealkylation sites (N-methyl/N-ethyl adjacent to an activating group) is 1. The van der Waals surface area contributed by atoms with Crippen LogP contribution in [0.5, 0.6) is 0 Å². The van der Waals surface area contributed by atoms with E-state index in [-0.39, 0.29) is 5.92 Å². The molecule has 6 heteroatoms. The molecule has 0 saturated carbocycles. The van der Waals surface area contributed by atoms with Crippen LogP contribution in [0.1, 0.15) is 30.3 Å². The summed E-state index contributed by atoms with van der Waals surface area (Å²) in [6.07, 6.45) is -1.13. The van der Waals surface area contributed by atoms with Crippen molar-refractivity contribution in [2.24, 2.45) is 0 Å². The van der Waals surface area contributed by atoms with E-state index in [9.17, 15) is 13.2 Å². The van der Waals surface area contributed by atoms with Gasteiger partial charge in [0, 0.05) is 24.4 Å². The Morgan fingerprint density at radius 3 is 2.81 bits per heavy atom. The molecule has 0 amide bonds. The van der Waals surface area contributed by atoms with Crippen molar-refractivity contribution in [2.75, 3.05) is 20.1 Å². The number of likely N-dealkylation sites (tertiary alicyclic amines) is 1. The van der Waals surface area contributed by atoms with Crippen molar-refractivity contribution in [1.82, 2.24) is 14.9 Å². The molecule has 1 unspecified atom stereocenters. The molecular weight excluding hydrogens is 219 g/mol. The highest BCUT2D eigenvalue weighted by Crippen LogP contribution is 2.30. The number of halogens is 3. The van der Waals surface area contributed by atoms with Gasteiger partial charge in [0.25, 0.3) is 0 Å². The molecule has 3 nitrogen and oxygen atoms in total. The second-order valence-electron chi connectivity index (χ2n) is 4.29. The van der Waals surface area contributed by atoms with E-state index in [1.165, 1.54) is 6.20 Å². The van der Waals surface area contributed by atoms with Gasteiger partial charge in [0.1, 0.15) is 0 Å². The first kappa shape index (κ1) is 11.4. The molecule has 16 heavy (non-hydrogen) atoms. The fourth-order valence-electron chi connectivity index (χ4n) is 2.11. The third kappa shape index (κ3) is 2.37. The second-order valence-corrected chi connectivity index (χ2v) is 4.29. The zero-order chi connectivity index (χ0) is 11.8. The van der Waals surface area contributed by atoms with Gasteiger partial charge in [-0.1, -0.05) is 0 Å². The number of piperidine rings is 1. The van der Waals surface area contributed by atoms with Gasteiger partial charge in [0.15, 0.2) is 0 Å². The maximum absolute atomic E-state index is 12.3. The first-order valence-corrected chi connectivity index (χ1v) is 5.27. The lowest BCUT2D eigenvalue weighted by atomic mass is 9.96. The Bertz CT molecular complexity index is 358. The number of nitrogens with one attached hydrogen (secondary N) is 1. The summed E-state index contributed by atoms with van der Waals surface area (Å²) in [7, 11) is 1.98. The molecule has 1 aliphatic rings. The molecule has 90 valence electrons. The molecule has 1 atom stereocenters. The molecule has 1 saturated heterocycles. The van der Waals surface area contributed by atoms with Crippen LogP contribution in [0.15, 0.2) is 6.20 Å². The van der Waals surface area contributed by atoms with Gasteiger partial charge >= 0.3 is 6.18 Å². The highest BCUT2D eigenvalue weighted by Gasteiger charge is 2.35. The van der Waals surface area contributed by atoms with E-state index >= 15 is 0 Å². The summed E-state index contributed by atoms with van der Waals surface area (Å²) in [5.41, 5.74) is 0.596.